The maximum atomic E-state index is 6.23. The van der Waals surface area contributed by atoms with Crippen molar-refractivity contribution in [3.63, 3.8) is 0 Å². The summed E-state index contributed by atoms with van der Waals surface area (Å²) >= 11 is 6.23. The first-order chi connectivity index (χ1) is 8.27. The Morgan fingerprint density at radius 2 is 2.06 bits per heavy atom. The van der Waals surface area contributed by atoms with E-state index < -0.39 is 0 Å². The van der Waals surface area contributed by atoms with Crippen LogP contribution >= 0.6 is 11.6 Å². The second-order valence-electron chi connectivity index (χ2n) is 4.60. The molecule has 2 aromatic rings. The number of aromatic nitrogens is 2. The van der Waals surface area contributed by atoms with Gasteiger partial charge in [0.25, 0.3) is 0 Å². The van der Waals surface area contributed by atoms with Crippen LogP contribution in [-0.4, -0.2) is 9.55 Å². The molecule has 1 aliphatic rings. The van der Waals surface area contributed by atoms with E-state index in [1.165, 1.54) is 29.7 Å². The minimum Gasteiger partial charge on any atom is -0.327 e. The molecule has 17 heavy (non-hydrogen) atoms. The summed E-state index contributed by atoms with van der Waals surface area (Å²) in [6.45, 7) is 3.16. The summed E-state index contributed by atoms with van der Waals surface area (Å²) in [6, 6.07) is 8.35. The second kappa shape index (κ2) is 4.19. The monoisotopic (exact) mass is 246 g/mol. The first kappa shape index (κ1) is 10.8. The molecule has 0 amide bonds. The van der Waals surface area contributed by atoms with Gasteiger partial charge in [0.15, 0.2) is 5.15 Å². The molecule has 2 heterocycles. The van der Waals surface area contributed by atoms with Crippen molar-refractivity contribution in [2.24, 2.45) is 0 Å². The van der Waals surface area contributed by atoms with Crippen LogP contribution < -0.4 is 0 Å². The van der Waals surface area contributed by atoms with Crippen LogP contribution in [-0.2, 0) is 13.0 Å². The van der Waals surface area contributed by atoms with Crippen molar-refractivity contribution in [1.29, 1.82) is 0 Å². The molecule has 3 heteroatoms. The standard InChI is InChI=1S/C14H15ClN2/c1-10-6-2-3-7-11(10)14-16-13(15)12-8-4-5-9-17(12)14/h2-3,6-7H,4-5,8-9H2,1H3. The highest BCUT2D eigenvalue weighted by atomic mass is 35.5. The van der Waals surface area contributed by atoms with Gasteiger partial charge in [0.05, 0.1) is 5.69 Å². The summed E-state index contributed by atoms with van der Waals surface area (Å²) in [4.78, 5) is 4.55. The fourth-order valence-electron chi connectivity index (χ4n) is 2.53. The van der Waals surface area contributed by atoms with Crippen molar-refractivity contribution in [3.8, 4) is 11.4 Å². The van der Waals surface area contributed by atoms with Crippen LogP contribution in [0.4, 0.5) is 0 Å². The molecule has 1 aromatic carbocycles. The van der Waals surface area contributed by atoms with Crippen molar-refractivity contribution in [2.75, 3.05) is 0 Å². The largest absolute Gasteiger partial charge is 0.327 e. The Balaban J connectivity index is 2.19. The lowest BCUT2D eigenvalue weighted by Gasteiger charge is -2.17. The quantitative estimate of drug-likeness (QED) is 0.747. The summed E-state index contributed by atoms with van der Waals surface area (Å²) in [5, 5.41) is 0.683. The Bertz CT molecular complexity index is 557. The summed E-state index contributed by atoms with van der Waals surface area (Å²) in [5.74, 6) is 1.03. The smallest absolute Gasteiger partial charge is 0.150 e. The molecular formula is C14H15ClN2. The predicted octanol–water partition coefficient (Wildman–Crippen LogP) is 3.85. The summed E-state index contributed by atoms with van der Waals surface area (Å²) in [7, 11) is 0. The zero-order chi connectivity index (χ0) is 11.8. The van der Waals surface area contributed by atoms with Crippen molar-refractivity contribution in [1.82, 2.24) is 9.55 Å². The van der Waals surface area contributed by atoms with Gasteiger partial charge in [-0.1, -0.05) is 35.9 Å². The Kier molecular flexibility index (Phi) is 2.67. The zero-order valence-corrected chi connectivity index (χ0v) is 10.7. The van der Waals surface area contributed by atoms with Crippen LogP contribution in [0.3, 0.4) is 0 Å². The van der Waals surface area contributed by atoms with Gasteiger partial charge in [0.1, 0.15) is 5.82 Å². The van der Waals surface area contributed by atoms with Gasteiger partial charge >= 0.3 is 0 Å². The molecular weight excluding hydrogens is 232 g/mol. The number of fused-ring (bicyclic) bond motifs is 1. The van der Waals surface area contributed by atoms with E-state index in [9.17, 15) is 0 Å². The SMILES string of the molecule is Cc1ccccc1-c1nc(Cl)c2n1CCCC2. The lowest BCUT2D eigenvalue weighted by Crippen LogP contribution is -2.11. The van der Waals surface area contributed by atoms with Gasteiger partial charge in [0, 0.05) is 12.1 Å². The lowest BCUT2D eigenvalue weighted by molar-refractivity contribution is 0.536. The third-order valence-corrected chi connectivity index (χ3v) is 3.76. The topological polar surface area (TPSA) is 17.8 Å². The van der Waals surface area contributed by atoms with Crippen LogP contribution in [0.5, 0.6) is 0 Å². The van der Waals surface area contributed by atoms with Gasteiger partial charge in [-0.2, -0.15) is 0 Å². The van der Waals surface area contributed by atoms with Crippen LogP contribution in [0, 0.1) is 6.92 Å². The number of benzene rings is 1. The van der Waals surface area contributed by atoms with E-state index in [2.05, 4.69) is 40.7 Å². The third kappa shape index (κ3) is 1.77. The molecule has 0 radical (unpaired) electrons. The Labute approximate surface area is 106 Å². The van der Waals surface area contributed by atoms with E-state index >= 15 is 0 Å². The summed E-state index contributed by atoms with van der Waals surface area (Å²) in [5.41, 5.74) is 3.65. The number of hydrogen-bond donors (Lipinski definition) is 0. The van der Waals surface area contributed by atoms with Gasteiger partial charge in [-0.3, -0.25) is 0 Å². The van der Waals surface area contributed by atoms with E-state index in [-0.39, 0.29) is 0 Å². The van der Waals surface area contributed by atoms with Crippen LogP contribution in [0.1, 0.15) is 24.1 Å². The second-order valence-corrected chi connectivity index (χ2v) is 4.95. The maximum Gasteiger partial charge on any atom is 0.150 e. The molecule has 0 atom stereocenters. The van der Waals surface area contributed by atoms with E-state index in [1.54, 1.807) is 0 Å². The van der Waals surface area contributed by atoms with Gasteiger partial charge in [-0.05, 0) is 31.7 Å². The van der Waals surface area contributed by atoms with Gasteiger partial charge in [0.2, 0.25) is 0 Å². The summed E-state index contributed by atoms with van der Waals surface area (Å²) in [6.07, 6.45) is 3.49. The molecule has 0 N–H and O–H groups in total. The van der Waals surface area contributed by atoms with Crippen molar-refractivity contribution in [3.05, 3.63) is 40.7 Å². The molecule has 88 valence electrons. The number of halogens is 1. The number of imidazole rings is 1. The third-order valence-electron chi connectivity index (χ3n) is 3.45. The molecule has 0 saturated heterocycles. The molecule has 0 spiro atoms. The molecule has 0 fully saturated rings. The highest BCUT2D eigenvalue weighted by molar-refractivity contribution is 6.30. The van der Waals surface area contributed by atoms with E-state index in [1.807, 2.05) is 0 Å². The normalized spacial score (nSPS) is 14.7. The highest BCUT2D eigenvalue weighted by Crippen LogP contribution is 2.31. The van der Waals surface area contributed by atoms with Crippen molar-refractivity contribution < 1.29 is 0 Å². The average Bonchev–Trinajstić information content (AvgIpc) is 2.68. The van der Waals surface area contributed by atoms with E-state index in [0.29, 0.717) is 5.15 Å². The molecule has 0 aliphatic carbocycles. The molecule has 1 aromatic heterocycles. The fourth-order valence-corrected chi connectivity index (χ4v) is 2.80. The molecule has 0 unspecified atom stereocenters. The minimum absolute atomic E-state index is 0.683. The van der Waals surface area contributed by atoms with E-state index in [0.717, 1.165) is 18.8 Å². The van der Waals surface area contributed by atoms with Crippen LogP contribution in [0.25, 0.3) is 11.4 Å². The molecule has 0 saturated carbocycles. The fraction of sp³-hybridized carbons (Fsp3) is 0.357. The number of aryl methyl sites for hydroxylation is 1. The van der Waals surface area contributed by atoms with Crippen LogP contribution in [0.15, 0.2) is 24.3 Å². The van der Waals surface area contributed by atoms with Gasteiger partial charge in [-0.25, -0.2) is 4.98 Å². The Morgan fingerprint density at radius 3 is 2.88 bits per heavy atom. The molecule has 2 nitrogen and oxygen atoms in total. The Hall–Kier alpha value is -1.28. The van der Waals surface area contributed by atoms with Crippen LogP contribution in [0.2, 0.25) is 5.15 Å². The molecule has 0 bridgehead atoms. The first-order valence-electron chi connectivity index (χ1n) is 6.08. The first-order valence-corrected chi connectivity index (χ1v) is 6.46. The highest BCUT2D eigenvalue weighted by Gasteiger charge is 2.20. The number of hydrogen-bond acceptors (Lipinski definition) is 1. The number of rotatable bonds is 1. The minimum atomic E-state index is 0.683. The van der Waals surface area contributed by atoms with E-state index in [4.69, 9.17) is 11.6 Å². The Morgan fingerprint density at radius 1 is 1.24 bits per heavy atom. The van der Waals surface area contributed by atoms with Crippen molar-refractivity contribution in [2.45, 2.75) is 32.7 Å². The number of nitrogens with zero attached hydrogens (tertiary/aromatic N) is 2. The molecule has 3 rings (SSSR count). The average molecular weight is 247 g/mol. The lowest BCUT2D eigenvalue weighted by atomic mass is 10.1. The maximum absolute atomic E-state index is 6.23. The van der Waals surface area contributed by atoms with Crippen molar-refractivity contribution >= 4 is 11.6 Å². The molecule has 1 aliphatic heterocycles. The predicted molar refractivity (Wildman–Crippen MR) is 70.3 cm³/mol. The van der Waals surface area contributed by atoms with Gasteiger partial charge < -0.3 is 4.57 Å². The summed E-state index contributed by atoms with van der Waals surface area (Å²) < 4.78 is 2.29. The van der Waals surface area contributed by atoms with Gasteiger partial charge in [-0.15, -0.1) is 0 Å². The zero-order valence-electron chi connectivity index (χ0n) is 9.91.